The van der Waals surface area contributed by atoms with Gasteiger partial charge in [0, 0.05) is 6.07 Å². The number of carbonyl (C=O) groups excluding carboxylic acids is 1. The Morgan fingerprint density at radius 1 is 1.27 bits per heavy atom. The maximum absolute atomic E-state index is 11.2. The van der Waals surface area contributed by atoms with Crippen LogP contribution in [0.3, 0.4) is 0 Å². The first kappa shape index (κ1) is 11.6. The number of ketones is 1. The van der Waals surface area contributed by atoms with Crippen LogP contribution < -0.4 is 0 Å². The number of rotatable bonds is 4. The van der Waals surface area contributed by atoms with E-state index in [-0.39, 0.29) is 22.8 Å². The molecule has 1 rings (SSSR count). The molecule has 0 fully saturated rings. The molecule has 0 aliphatic rings. The minimum absolute atomic E-state index is 0.0611. The quantitative estimate of drug-likeness (QED) is 0.748. The molecule has 1 aromatic rings. The summed E-state index contributed by atoms with van der Waals surface area (Å²) in [5.74, 6) is -0.281. The highest BCUT2D eigenvalue weighted by Crippen LogP contribution is 2.28. The van der Waals surface area contributed by atoms with Gasteiger partial charge in [-0.25, -0.2) is 0 Å². The largest absolute Gasteiger partial charge is 0.508 e. The zero-order chi connectivity index (χ0) is 11.4. The predicted octanol–water partition coefficient (Wildman–Crippen LogP) is 2.64. The second-order valence-corrected chi connectivity index (χ2v) is 3.66. The van der Waals surface area contributed by atoms with Crippen molar-refractivity contribution in [2.75, 3.05) is 0 Å². The Morgan fingerprint density at radius 3 is 2.47 bits per heavy atom. The number of hydrogen-bond donors (Lipinski definition) is 2. The fraction of sp³-hybridized carbons (Fsp3) is 0.417. The van der Waals surface area contributed by atoms with E-state index in [2.05, 4.69) is 6.92 Å². The van der Waals surface area contributed by atoms with E-state index in [0.717, 1.165) is 24.8 Å². The number of carbonyl (C=O) groups is 1. The normalized spacial score (nSPS) is 10.3. The smallest absolute Gasteiger partial charge is 0.163 e. The first-order valence-corrected chi connectivity index (χ1v) is 5.12. The average Bonchev–Trinajstić information content (AvgIpc) is 2.16. The van der Waals surface area contributed by atoms with Crippen molar-refractivity contribution >= 4 is 5.78 Å². The number of phenols is 2. The Kier molecular flexibility index (Phi) is 3.72. The molecule has 3 heteroatoms. The van der Waals surface area contributed by atoms with Crippen molar-refractivity contribution in [2.45, 2.75) is 33.1 Å². The SMILES string of the molecule is CCCCc1cc(C(C)=O)c(O)cc1O. The highest BCUT2D eigenvalue weighted by atomic mass is 16.3. The van der Waals surface area contributed by atoms with Crippen molar-refractivity contribution in [2.24, 2.45) is 0 Å². The average molecular weight is 208 g/mol. The summed E-state index contributed by atoms with van der Waals surface area (Å²) >= 11 is 0. The van der Waals surface area contributed by atoms with Crippen LogP contribution in [-0.2, 0) is 6.42 Å². The number of benzene rings is 1. The van der Waals surface area contributed by atoms with E-state index in [4.69, 9.17) is 0 Å². The van der Waals surface area contributed by atoms with Crippen LogP contribution in [0.2, 0.25) is 0 Å². The fourth-order valence-electron chi connectivity index (χ4n) is 1.47. The summed E-state index contributed by atoms with van der Waals surface area (Å²) in [5.41, 5.74) is 0.999. The molecule has 2 N–H and O–H groups in total. The molecule has 0 spiro atoms. The van der Waals surface area contributed by atoms with Crippen LogP contribution in [0.5, 0.6) is 11.5 Å². The van der Waals surface area contributed by atoms with E-state index in [1.807, 2.05) is 0 Å². The zero-order valence-corrected chi connectivity index (χ0v) is 9.08. The first-order chi connectivity index (χ1) is 7.06. The van der Waals surface area contributed by atoms with Crippen LogP contribution in [-0.4, -0.2) is 16.0 Å². The predicted molar refractivity (Wildman–Crippen MR) is 58.4 cm³/mol. The summed E-state index contributed by atoms with van der Waals surface area (Å²) in [6.45, 7) is 3.46. The molecule has 0 saturated carbocycles. The molecule has 0 bridgehead atoms. The molecule has 15 heavy (non-hydrogen) atoms. The monoisotopic (exact) mass is 208 g/mol. The molecule has 82 valence electrons. The summed E-state index contributed by atoms with van der Waals surface area (Å²) < 4.78 is 0. The standard InChI is InChI=1S/C12H16O3/c1-3-4-5-9-6-10(8(2)13)12(15)7-11(9)14/h6-7,14-15H,3-5H2,1-2H3. The van der Waals surface area contributed by atoms with Gasteiger partial charge in [0.25, 0.3) is 0 Å². The van der Waals surface area contributed by atoms with Crippen LogP contribution in [0.15, 0.2) is 12.1 Å². The molecule has 0 saturated heterocycles. The lowest BCUT2D eigenvalue weighted by molar-refractivity contribution is 0.101. The van der Waals surface area contributed by atoms with Gasteiger partial charge in [-0.05, 0) is 31.4 Å². The summed E-state index contributed by atoms with van der Waals surface area (Å²) in [5, 5.41) is 19.0. The zero-order valence-electron chi connectivity index (χ0n) is 9.08. The number of aryl methyl sites for hydroxylation is 1. The second-order valence-electron chi connectivity index (χ2n) is 3.66. The van der Waals surface area contributed by atoms with Gasteiger partial charge in [0.05, 0.1) is 5.56 Å². The van der Waals surface area contributed by atoms with Gasteiger partial charge in [-0.2, -0.15) is 0 Å². The maximum atomic E-state index is 11.2. The van der Waals surface area contributed by atoms with E-state index < -0.39 is 0 Å². The molecule has 0 unspecified atom stereocenters. The van der Waals surface area contributed by atoms with Gasteiger partial charge in [-0.3, -0.25) is 4.79 Å². The summed E-state index contributed by atoms with van der Waals surface area (Å²) in [7, 11) is 0. The lowest BCUT2D eigenvalue weighted by Gasteiger charge is -2.07. The van der Waals surface area contributed by atoms with Crippen LogP contribution in [0.4, 0.5) is 0 Å². The maximum Gasteiger partial charge on any atom is 0.163 e. The number of hydrogen-bond acceptors (Lipinski definition) is 3. The molecule has 1 aromatic carbocycles. The molecule has 3 nitrogen and oxygen atoms in total. The van der Waals surface area contributed by atoms with Crippen molar-refractivity contribution in [3.05, 3.63) is 23.3 Å². The molecule has 0 aliphatic carbocycles. The third-order valence-electron chi connectivity index (χ3n) is 2.38. The van der Waals surface area contributed by atoms with Gasteiger partial charge in [-0.15, -0.1) is 0 Å². The van der Waals surface area contributed by atoms with Crippen molar-refractivity contribution < 1.29 is 15.0 Å². The van der Waals surface area contributed by atoms with Crippen molar-refractivity contribution in [3.63, 3.8) is 0 Å². The molecular weight excluding hydrogens is 192 g/mol. The van der Waals surface area contributed by atoms with Crippen LogP contribution in [0.25, 0.3) is 0 Å². The van der Waals surface area contributed by atoms with Gasteiger partial charge >= 0.3 is 0 Å². The Morgan fingerprint density at radius 2 is 1.93 bits per heavy atom. The molecule has 0 radical (unpaired) electrons. The van der Waals surface area contributed by atoms with Crippen LogP contribution >= 0.6 is 0 Å². The van der Waals surface area contributed by atoms with E-state index in [0.29, 0.717) is 0 Å². The third-order valence-corrected chi connectivity index (χ3v) is 2.38. The van der Waals surface area contributed by atoms with Crippen LogP contribution in [0.1, 0.15) is 42.6 Å². The van der Waals surface area contributed by atoms with Gasteiger partial charge in [0.15, 0.2) is 5.78 Å². The molecular formula is C12H16O3. The van der Waals surface area contributed by atoms with E-state index in [1.165, 1.54) is 13.0 Å². The van der Waals surface area contributed by atoms with Gasteiger partial charge in [-0.1, -0.05) is 13.3 Å². The Labute approximate surface area is 89.4 Å². The number of aromatic hydroxyl groups is 2. The van der Waals surface area contributed by atoms with Gasteiger partial charge < -0.3 is 10.2 Å². The number of unbranched alkanes of at least 4 members (excludes halogenated alkanes) is 1. The highest BCUT2D eigenvalue weighted by molar-refractivity contribution is 5.97. The van der Waals surface area contributed by atoms with Gasteiger partial charge in [0.2, 0.25) is 0 Å². The van der Waals surface area contributed by atoms with Crippen LogP contribution in [0, 0.1) is 0 Å². The molecule has 0 amide bonds. The van der Waals surface area contributed by atoms with E-state index >= 15 is 0 Å². The van der Waals surface area contributed by atoms with Crippen molar-refractivity contribution in [1.29, 1.82) is 0 Å². The minimum Gasteiger partial charge on any atom is -0.508 e. The fourth-order valence-corrected chi connectivity index (χ4v) is 1.47. The Balaban J connectivity index is 3.06. The Hall–Kier alpha value is -1.51. The first-order valence-electron chi connectivity index (χ1n) is 5.12. The molecule has 0 aromatic heterocycles. The number of phenolic OH excluding ortho intramolecular Hbond substituents is 2. The summed E-state index contributed by atoms with van der Waals surface area (Å²) in [6, 6.07) is 2.81. The molecule has 0 aliphatic heterocycles. The topological polar surface area (TPSA) is 57.5 Å². The van der Waals surface area contributed by atoms with E-state index in [9.17, 15) is 15.0 Å². The lowest BCUT2D eigenvalue weighted by atomic mass is 10.0. The lowest BCUT2D eigenvalue weighted by Crippen LogP contribution is -1.96. The second kappa shape index (κ2) is 4.82. The molecule has 0 atom stereocenters. The van der Waals surface area contributed by atoms with Crippen molar-refractivity contribution in [1.82, 2.24) is 0 Å². The molecule has 0 heterocycles. The highest BCUT2D eigenvalue weighted by Gasteiger charge is 2.11. The summed E-state index contributed by atoms with van der Waals surface area (Å²) in [6.07, 6.45) is 2.70. The van der Waals surface area contributed by atoms with Gasteiger partial charge in [0.1, 0.15) is 11.5 Å². The Bertz CT molecular complexity index is 369. The minimum atomic E-state index is -0.190. The number of Topliss-reactive ketones (excluding diaryl/α,β-unsaturated/α-hetero) is 1. The summed E-state index contributed by atoms with van der Waals surface area (Å²) in [4.78, 5) is 11.2. The van der Waals surface area contributed by atoms with Crippen molar-refractivity contribution in [3.8, 4) is 11.5 Å². The van der Waals surface area contributed by atoms with E-state index in [1.54, 1.807) is 6.07 Å². The third kappa shape index (κ3) is 2.72.